The topological polar surface area (TPSA) is 38.5 Å². The van der Waals surface area contributed by atoms with Crippen LogP contribution in [0.5, 0.6) is 0 Å². The van der Waals surface area contributed by atoms with Crippen molar-refractivity contribution in [3.05, 3.63) is 18.0 Å². The number of hydroxylamine groups is 2. The summed E-state index contributed by atoms with van der Waals surface area (Å²) in [6, 6.07) is 1.80. The second-order valence-electron chi connectivity index (χ2n) is 1.96. The molecule has 0 fully saturated rings. The van der Waals surface area contributed by atoms with Crippen LogP contribution in [-0.4, -0.2) is 24.4 Å². The van der Waals surface area contributed by atoms with Crippen LogP contribution < -0.4 is 0 Å². The third-order valence-corrected chi connectivity index (χ3v) is 1.19. The van der Waals surface area contributed by atoms with Crippen molar-refractivity contribution in [2.24, 2.45) is 0 Å². The number of hydrogen-bond donors (Lipinski definition) is 0. The van der Waals surface area contributed by atoms with Gasteiger partial charge in [0.25, 0.3) is 0 Å². The smallest absolute Gasteiger partial charge is 0.124 e. The molecule has 0 amide bonds. The fourth-order valence-electron chi connectivity index (χ4n) is 0.612. The molecule has 10 heavy (non-hydrogen) atoms. The van der Waals surface area contributed by atoms with Gasteiger partial charge < -0.3 is 9.36 Å². The van der Waals surface area contributed by atoms with E-state index in [0.717, 1.165) is 5.69 Å². The number of rotatable bonds is 3. The van der Waals surface area contributed by atoms with Crippen molar-refractivity contribution < 1.29 is 9.36 Å². The number of aromatic nitrogens is 1. The minimum Gasteiger partial charge on any atom is -0.364 e. The van der Waals surface area contributed by atoms with Gasteiger partial charge in [-0.2, -0.15) is 5.06 Å². The quantitative estimate of drug-likeness (QED) is 0.581. The van der Waals surface area contributed by atoms with Crippen molar-refractivity contribution in [1.29, 1.82) is 0 Å². The van der Waals surface area contributed by atoms with Crippen molar-refractivity contribution in [1.82, 2.24) is 10.2 Å². The highest BCUT2D eigenvalue weighted by molar-refractivity contribution is 4.93. The maximum absolute atomic E-state index is 4.88. The molecule has 4 nitrogen and oxygen atoms in total. The highest BCUT2D eigenvalue weighted by Crippen LogP contribution is 1.97. The molecule has 0 N–H and O–H groups in total. The molecule has 1 aromatic heterocycles. The standard InChI is InChI=1S/C6H10N2O2/c1-8(9-2)5-6-3-4-10-7-6/h3-4H,5H2,1-2H3. The fraction of sp³-hybridized carbons (Fsp3) is 0.500. The Balaban J connectivity index is 2.40. The van der Waals surface area contributed by atoms with Crippen LogP contribution in [0.3, 0.4) is 0 Å². The molecule has 1 aromatic rings. The van der Waals surface area contributed by atoms with Gasteiger partial charge in [-0.1, -0.05) is 5.16 Å². The molecule has 56 valence electrons. The van der Waals surface area contributed by atoms with E-state index in [2.05, 4.69) is 9.68 Å². The van der Waals surface area contributed by atoms with E-state index in [1.807, 2.05) is 7.05 Å². The third kappa shape index (κ3) is 1.82. The van der Waals surface area contributed by atoms with Gasteiger partial charge in [0.1, 0.15) is 6.26 Å². The lowest BCUT2D eigenvalue weighted by Gasteiger charge is -2.09. The van der Waals surface area contributed by atoms with E-state index in [9.17, 15) is 0 Å². The lowest BCUT2D eigenvalue weighted by atomic mass is 10.4. The average molecular weight is 142 g/mol. The SMILES string of the molecule is CON(C)Cc1ccon1. The zero-order valence-corrected chi connectivity index (χ0v) is 6.07. The van der Waals surface area contributed by atoms with E-state index in [4.69, 9.17) is 4.84 Å². The van der Waals surface area contributed by atoms with Crippen molar-refractivity contribution in [2.75, 3.05) is 14.2 Å². The summed E-state index contributed by atoms with van der Waals surface area (Å²) in [5.41, 5.74) is 0.865. The summed E-state index contributed by atoms with van der Waals surface area (Å²) in [7, 11) is 3.44. The van der Waals surface area contributed by atoms with Gasteiger partial charge >= 0.3 is 0 Å². The molecule has 1 rings (SSSR count). The molecule has 0 bridgehead atoms. The van der Waals surface area contributed by atoms with Gasteiger partial charge in [-0.25, -0.2) is 0 Å². The third-order valence-electron chi connectivity index (χ3n) is 1.19. The van der Waals surface area contributed by atoms with Gasteiger partial charge in [-0.3, -0.25) is 0 Å². The van der Waals surface area contributed by atoms with Gasteiger partial charge in [0.2, 0.25) is 0 Å². The molecule has 0 aliphatic carbocycles. The van der Waals surface area contributed by atoms with E-state index < -0.39 is 0 Å². The van der Waals surface area contributed by atoms with Gasteiger partial charge in [0.05, 0.1) is 19.3 Å². The van der Waals surface area contributed by atoms with Gasteiger partial charge in [0, 0.05) is 13.1 Å². The Kier molecular flexibility index (Phi) is 2.42. The largest absolute Gasteiger partial charge is 0.364 e. The average Bonchev–Trinajstić information content (AvgIpc) is 2.40. The Morgan fingerprint density at radius 2 is 2.60 bits per heavy atom. The Labute approximate surface area is 59.3 Å². The summed E-state index contributed by atoms with van der Waals surface area (Å²) in [4.78, 5) is 4.88. The predicted molar refractivity (Wildman–Crippen MR) is 35.0 cm³/mol. The van der Waals surface area contributed by atoms with Crippen LogP contribution in [0.4, 0.5) is 0 Å². The molecule has 1 heterocycles. The summed E-state index contributed by atoms with van der Waals surface area (Å²) in [5.74, 6) is 0. The second kappa shape index (κ2) is 3.34. The summed E-state index contributed by atoms with van der Waals surface area (Å²) < 4.78 is 4.63. The van der Waals surface area contributed by atoms with E-state index in [-0.39, 0.29) is 0 Å². The number of nitrogens with zero attached hydrogens (tertiary/aromatic N) is 2. The molecule has 4 heteroatoms. The van der Waals surface area contributed by atoms with Gasteiger partial charge in [0.15, 0.2) is 0 Å². The molecule has 0 radical (unpaired) electrons. The lowest BCUT2D eigenvalue weighted by molar-refractivity contribution is -0.117. The maximum atomic E-state index is 4.88. The number of hydrogen-bond acceptors (Lipinski definition) is 4. The van der Waals surface area contributed by atoms with Crippen LogP contribution in [0.2, 0.25) is 0 Å². The van der Waals surface area contributed by atoms with E-state index >= 15 is 0 Å². The molecule has 0 saturated carbocycles. The van der Waals surface area contributed by atoms with Gasteiger partial charge in [-0.15, -0.1) is 0 Å². The first kappa shape index (κ1) is 7.24. The summed E-state index contributed by atoms with van der Waals surface area (Å²) in [5, 5.41) is 5.37. The Morgan fingerprint density at radius 1 is 1.80 bits per heavy atom. The van der Waals surface area contributed by atoms with Gasteiger partial charge in [-0.05, 0) is 0 Å². The highest BCUT2D eigenvalue weighted by atomic mass is 16.7. The predicted octanol–water partition coefficient (Wildman–Crippen LogP) is 0.668. The minimum absolute atomic E-state index is 0.646. The molecular weight excluding hydrogens is 132 g/mol. The normalized spacial score (nSPS) is 10.7. The molecule has 0 unspecified atom stereocenters. The lowest BCUT2D eigenvalue weighted by Crippen LogP contribution is -2.15. The minimum atomic E-state index is 0.646. The monoisotopic (exact) mass is 142 g/mol. The highest BCUT2D eigenvalue weighted by Gasteiger charge is 1.99. The first-order valence-corrected chi connectivity index (χ1v) is 2.97. The molecular formula is C6H10N2O2. The Hall–Kier alpha value is -0.870. The summed E-state index contributed by atoms with van der Waals surface area (Å²) in [6.45, 7) is 0.646. The Bertz CT molecular complexity index is 174. The Morgan fingerprint density at radius 3 is 3.10 bits per heavy atom. The van der Waals surface area contributed by atoms with Crippen LogP contribution >= 0.6 is 0 Å². The van der Waals surface area contributed by atoms with E-state index in [1.54, 1.807) is 24.5 Å². The van der Waals surface area contributed by atoms with Crippen molar-refractivity contribution in [3.8, 4) is 0 Å². The molecule has 0 aromatic carbocycles. The summed E-state index contributed by atoms with van der Waals surface area (Å²) in [6.07, 6.45) is 1.54. The molecule has 0 saturated heterocycles. The fourth-order valence-corrected chi connectivity index (χ4v) is 0.612. The molecule has 0 spiro atoms. The molecule has 0 aliphatic heterocycles. The molecule has 0 atom stereocenters. The first-order chi connectivity index (χ1) is 4.83. The summed E-state index contributed by atoms with van der Waals surface area (Å²) >= 11 is 0. The second-order valence-corrected chi connectivity index (χ2v) is 1.96. The van der Waals surface area contributed by atoms with Crippen molar-refractivity contribution in [3.63, 3.8) is 0 Å². The first-order valence-electron chi connectivity index (χ1n) is 2.97. The molecule has 0 aliphatic rings. The van der Waals surface area contributed by atoms with Crippen LogP contribution in [0.1, 0.15) is 5.69 Å². The van der Waals surface area contributed by atoms with Crippen LogP contribution in [0.25, 0.3) is 0 Å². The van der Waals surface area contributed by atoms with E-state index in [1.165, 1.54) is 0 Å². The zero-order valence-electron chi connectivity index (χ0n) is 6.07. The van der Waals surface area contributed by atoms with Crippen LogP contribution in [0.15, 0.2) is 16.9 Å². The maximum Gasteiger partial charge on any atom is 0.124 e. The van der Waals surface area contributed by atoms with Crippen molar-refractivity contribution in [2.45, 2.75) is 6.54 Å². The van der Waals surface area contributed by atoms with Crippen molar-refractivity contribution >= 4 is 0 Å². The van der Waals surface area contributed by atoms with E-state index in [0.29, 0.717) is 6.54 Å². The van der Waals surface area contributed by atoms with Crippen LogP contribution in [-0.2, 0) is 11.4 Å². The zero-order chi connectivity index (χ0) is 7.40. The van der Waals surface area contributed by atoms with Crippen LogP contribution in [0, 0.1) is 0 Å².